The van der Waals surface area contributed by atoms with E-state index in [1.54, 1.807) is 0 Å². The van der Waals surface area contributed by atoms with E-state index in [1.807, 2.05) is 13.0 Å². The number of hydrogen-bond donors (Lipinski definition) is 0. The second-order valence-electron chi connectivity index (χ2n) is 4.77. The lowest BCUT2D eigenvalue weighted by molar-refractivity contribution is -0.00359. The third kappa shape index (κ3) is 3.12. The largest absolute Gasteiger partial charge is 0.370 e. The van der Waals surface area contributed by atoms with Crippen molar-refractivity contribution in [3.63, 3.8) is 0 Å². The van der Waals surface area contributed by atoms with Gasteiger partial charge in [0, 0.05) is 31.3 Å². The van der Waals surface area contributed by atoms with Crippen molar-refractivity contribution >= 4 is 17.4 Å². The minimum atomic E-state index is 0.0794. The summed E-state index contributed by atoms with van der Waals surface area (Å²) in [6.07, 6.45) is 1.12. The summed E-state index contributed by atoms with van der Waals surface area (Å²) in [5, 5.41) is 0. The van der Waals surface area contributed by atoms with Crippen LogP contribution in [-0.4, -0.2) is 41.1 Å². The zero-order valence-corrected chi connectivity index (χ0v) is 11.9. The highest BCUT2D eigenvalue weighted by Gasteiger charge is 2.25. The zero-order chi connectivity index (χ0) is 13.1. The maximum absolute atomic E-state index is 5.90. The van der Waals surface area contributed by atoms with Crippen molar-refractivity contribution in [2.75, 3.05) is 23.9 Å². The summed E-state index contributed by atoms with van der Waals surface area (Å²) >= 11 is 5.90. The molecule has 0 N–H and O–H groups in total. The van der Waals surface area contributed by atoms with Crippen LogP contribution in [0.1, 0.15) is 25.4 Å². The molecule has 1 aromatic rings. The van der Waals surface area contributed by atoms with Crippen LogP contribution in [0, 0.1) is 6.92 Å². The predicted octanol–water partition coefficient (Wildman–Crippen LogP) is 2.18. The molecule has 1 saturated heterocycles. The summed E-state index contributed by atoms with van der Waals surface area (Å²) in [7, 11) is 0. The number of morpholine rings is 1. The number of nitrogens with zero attached hydrogens (tertiary/aromatic N) is 3. The predicted molar refractivity (Wildman–Crippen MR) is 73.4 cm³/mol. The number of alkyl halides is 1. The topological polar surface area (TPSA) is 38.2 Å². The molecule has 2 heterocycles. The van der Waals surface area contributed by atoms with Crippen molar-refractivity contribution in [3.8, 4) is 0 Å². The third-order valence-corrected chi connectivity index (χ3v) is 3.37. The molecule has 18 heavy (non-hydrogen) atoms. The smallest absolute Gasteiger partial charge is 0.132 e. The van der Waals surface area contributed by atoms with Gasteiger partial charge in [-0.3, -0.25) is 0 Å². The molecule has 0 spiro atoms. The van der Waals surface area contributed by atoms with Crippen LogP contribution in [0.2, 0.25) is 0 Å². The number of rotatable bonds is 3. The standard InChI is InChI=1S/C13H20ClN3O/c1-4-12-15-9(2)5-13(16-12)17-7-10(3)18-11(6-14)8-17/h5,10-11H,4,6-8H2,1-3H3. The number of aryl methyl sites for hydroxylation is 2. The van der Waals surface area contributed by atoms with Crippen molar-refractivity contribution in [1.29, 1.82) is 0 Å². The molecule has 1 aliphatic rings. The molecule has 0 radical (unpaired) electrons. The first-order valence-corrected chi connectivity index (χ1v) is 6.96. The number of hydrogen-bond acceptors (Lipinski definition) is 4. The molecule has 0 amide bonds. The molecule has 1 aliphatic heterocycles. The van der Waals surface area contributed by atoms with Crippen LogP contribution in [0.4, 0.5) is 5.82 Å². The lowest BCUT2D eigenvalue weighted by Gasteiger charge is -2.36. The second kappa shape index (κ2) is 5.85. The fourth-order valence-corrected chi connectivity index (χ4v) is 2.42. The number of aromatic nitrogens is 2. The van der Waals surface area contributed by atoms with E-state index in [-0.39, 0.29) is 12.2 Å². The van der Waals surface area contributed by atoms with Crippen molar-refractivity contribution < 1.29 is 4.74 Å². The summed E-state index contributed by atoms with van der Waals surface area (Å²) < 4.78 is 5.76. The van der Waals surface area contributed by atoms with Crippen LogP contribution in [-0.2, 0) is 11.2 Å². The van der Waals surface area contributed by atoms with E-state index in [0.29, 0.717) is 5.88 Å². The number of ether oxygens (including phenoxy) is 1. The Morgan fingerprint density at radius 1 is 1.44 bits per heavy atom. The molecule has 1 fully saturated rings. The van der Waals surface area contributed by atoms with E-state index in [0.717, 1.165) is 36.8 Å². The molecule has 2 rings (SSSR count). The van der Waals surface area contributed by atoms with E-state index in [4.69, 9.17) is 16.3 Å². The van der Waals surface area contributed by atoms with Crippen LogP contribution in [0.25, 0.3) is 0 Å². The first-order valence-electron chi connectivity index (χ1n) is 6.43. The van der Waals surface area contributed by atoms with Gasteiger partial charge in [0.25, 0.3) is 0 Å². The number of anilines is 1. The molecule has 100 valence electrons. The highest BCUT2D eigenvalue weighted by atomic mass is 35.5. The van der Waals surface area contributed by atoms with Crippen molar-refractivity contribution in [1.82, 2.24) is 9.97 Å². The van der Waals surface area contributed by atoms with E-state index in [2.05, 4.69) is 28.7 Å². The monoisotopic (exact) mass is 269 g/mol. The third-order valence-electron chi connectivity index (χ3n) is 3.03. The molecule has 2 unspecified atom stereocenters. The molecule has 0 bridgehead atoms. The zero-order valence-electron chi connectivity index (χ0n) is 11.2. The van der Waals surface area contributed by atoms with E-state index in [1.165, 1.54) is 0 Å². The van der Waals surface area contributed by atoms with Crippen LogP contribution in [0.15, 0.2) is 6.07 Å². The lowest BCUT2D eigenvalue weighted by Crippen LogP contribution is -2.47. The summed E-state index contributed by atoms with van der Waals surface area (Å²) in [5.74, 6) is 2.40. The van der Waals surface area contributed by atoms with Gasteiger partial charge in [0.1, 0.15) is 11.6 Å². The molecule has 0 aliphatic carbocycles. The Balaban J connectivity index is 2.21. The van der Waals surface area contributed by atoms with Crippen LogP contribution in [0.3, 0.4) is 0 Å². The van der Waals surface area contributed by atoms with Gasteiger partial charge in [-0.25, -0.2) is 9.97 Å². The van der Waals surface area contributed by atoms with Crippen LogP contribution < -0.4 is 4.90 Å². The Morgan fingerprint density at radius 2 is 2.22 bits per heavy atom. The first kappa shape index (κ1) is 13.6. The summed E-state index contributed by atoms with van der Waals surface area (Å²) in [5.41, 5.74) is 1.01. The molecule has 1 aromatic heterocycles. The maximum atomic E-state index is 5.90. The maximum Gasteiger partial charge on any atom is 0.132 e. The van der Waals surface area contributed by atoms with Gasteiger partial charge in [-0.1, -0.05) is 6.92 Å². The Bertz CT molecular complexity index is 413. The minimum absolute atomic E-state index is 0.0794. The van der Waals surface area contributed by atoms with Gasteiger partial charge in [-0.2, -0.15) is 0 Å². The fourth-order valence-electron chi connectivity index (χ4n) is 2.25. The average molecular weight is 270 g/mol. The molecule has 2 atom stereocenters. The minimum Gasteiger partial charge on any atom is -0.370 e. The van der Waals surface area contributed by atoms with Gasteiger partial charge in [0.15, 0.2) is 0 Å². The van der Waals surface area contributed by atoms with Crippen molar-refractivity contribution in [3.05, 3.63) is 17.6 Å². The van der Waals surface area contributed by atoms with Gasteiger partial charge in [-0.05, 0) is 13.8 Å². The van der Waals surface area contributed by atoms with Gasteiger partial charge < -0.3 is 9.64 Å². The normalized spacial score (nSPS) is 24.3. The van der Waals surface area contributed by atoms with Crippen LogP contribution in [0.5, 0.6) is 0 Å². The molecular weight excluding hydrogens is 250 g/mol. The van der Waals surface area contributed by atoms with Gasteiger partial charge in [-0.15, -0.1) is 11.6 Å². The SMILES string of the molecule is CCc1nc(C)cc(N2CC(C)OC(CCl)C2)n1. The molecule has 0 aromatic carbocycles. The lowest BCUT2D eigenvalue weighted by atomic mass is 10.2. The Labute approximate surface area is 113 Å². The highest BCUT2D eigenvalue weighted by molar-refractivity contribution is 6.18. The van der Waals surface area contributed by atoms with Gasteiger partial charge >= 0.3 is 0 Å². The van der Waals surface area contributed by atoms with Gasteiger partial charge in [0.2, 0.25) is 0 Å². The van der Waals surface area contributed by atoms with E-state index < -0.39 is 0 Å². The molecule has 0 saturated carbocycles. The van der Waals surface area contributed by atoms with E-state index >= 15 is 0 Å². The summed E-state index contributed by atoms with van der Waals surface area (Å²) in [4.78, 5) is 11.3. The second-order valence-corrected chi connectivity index (χ2v) is 5.07. The quantitative estimate of drug-likeness (QED) is 0.789. The fraction of sp³-hybridized carbons (Fsp3) is 0.692. The Morgan fingerprint density at radius 3 is 2.89 bits per heavy atom. The number of halogens is 1. The Hall–Kier alpha value is -0.870. The molecule has 4 nitrogen and oxygen atoms in total. The van der Waals surface area contributed by atoms with Crippen LogP contribution >= 0.6 is 11.6 Å². The molecular formula is C13H20ClN3O. The summed E-state index contributed by atoms with van der Waals surface area (Å²) in [6.45, 7) is 7.80. The average Bonchev–Trinajstić information content (AvgIpc) is 2.37. The van der Waals surface area contributed by atoms with Gasteiger partial charge in [0.05, 0.1) is 18.1 Å². The Kier molecular flexibility index (Phi) is 4.40. The molecule has 5 heteroatoms. The van der Waals surface area contributed by atoms with Crippen molar-refractivity contribution in [2.24, 2.45) is 0 Å². The first-order chi connectivity index (χ1) is 8.62. The summed E-state index contributed by atoms with van der Waals surface area (Å²) in [6, 6.07) is 2.03. The van der Waals surface area contributed by atoms with E-state index in [9.17, 15) is 0 Å². The highest BCUT2D eigenvalue weighted by Crippen LogP contribution is 2.20. The van der Waals surface area contributed by atoms with Crippen molar-refractivity contribution in [2.45, 2.75) is 39.4 Å².